The zero-order valence-corrected chi connectivity index (χ0v) is 15.5. The number of aromatic nitrogens is 2. The van der Waals surface area contributed by atoms with Crippen LogP contribution in [0.15, 0.2) is 72.9 Å². The van der Waals surface area contributed by atoms with Crippen LogP contribution in [0.4, 0.5) is 0 Å². The molecule has 2 aromatic heterocycles. The second-order valence-corrected chi connectivity index (χ2v) is 6.96. The fourth-order valence-electron chi connectivity index (χ4n) is 3.77. The molecule has 138 valence electrons. The van der Waals surface area contributed by atoms with Crippen molar-refractivity contribution in [1.29, 1.82) is 0 Å². The minimum Gasteiger partial charge on any atom is -0.354 e. The molecule has 28 heavy (non-hydrogen) atoms. The lowest BCUT2D eigenvalue weighted by Gasteiger charge is -2.09. The summed E-state index contributed by atoms with van der Waals surface area (Å²) in [6.45, 7) is 0.274. The van der Waals surface area contributed by atoms with Gasteiger partial charge in [0.25, 0.3) is 5.91 Å². The predicted molar refractivity (Wildman–Crippen MR) is 115 cm³/mol. The number of rotatable bonds is 4. The Balaban J connectivity index is 1.58. The van der Waals surface area contributed by atoms with E-state index in [1.165, 1.54) is 10.8 Å². The van der Waals surface area contributed by atoms with E-state index >= 15 is 0 Å². The molecule has 0 saturated heterocycles. The lowest BCUT2D eigenvalue weighted by molar-refractivity contribution is -0.116. The molecule has 2 heterocycles. The lowest BCUT2D eigenvalue weighted by Crippen LogP contribution is -2.30. The molecule has 5 aromatic rings. The van der Waals surface area contributed by atoms with Crippen molar-refractivity contribution >= 4 is 38.6 Å². The van der Waals surface area contributed by atoms with Crippen LogP contribution >= 0.6 is 0 Å². The molecule has 0 spiro atoms. The summed E-state index contributed by atoms with van der Waals surface area (Å²) in [4.78, 5) is 15.4. The Labute approximate surface area is 161 Å². The summed E-state index contributed by atoms with van der Waals surface area (Å²) >= 11 is 0. The van der Waals surface area contributed by atoms with Crippen molar-refractivity contribution in [3.05, 3.63) is 72.9 Å². The van der Waals surface area contributed by atoms with Crippen molar-refractivity contribution in [2.24, 2.45) is 0 Å². The molecule has 0 aliphatic heterocycles. The minimum absolute atomic E-state index is 0.0788. The van der Waals surface area contributed by atoms with E-state index in [0.29, 0.717) is 0 Å². The highest BCUT2D eigenvalue weighted by molar-refractivity contribution is 6.08. The average molecular weight is 368 g/mol. The first-order chi connectivity index (χ1) is 13.7. The van der Waals surface area contributed by atoms with Gasteiger partial charge in [-0.3, -0.25) is 14.9 Å². The Morgan fingerprint density at radius 1 is 0.929 bits per heavy atom. The molecule has 0 radical (unpaired) electrons. The molecule has 5 rings (SSSR count). The van der Waals surface area contributed by atoms with Gasteiger partial charge in [-0.2, -0.15) is 0 Å². The second kappa shape index (κ2) is 6.55. The van der Waals surface area contributed by atoms with Crippen LogP contribution in [0.3, 0.4) is 0 Å². The molecule has 0 fully saturated rings. The van der Waals surface area contributed by atoms with Crippen LogP contribution in [0.2, 0.25) is 0 Å². The number of hydrogen-bond donors (Lipinski definition) is 3. The molecule has 0 bridgehead atoms. The number of aromatic amines is 1. The maximum absolute atomic E-state index is 11.9. The number of carbonyl (C=O) groups excluding carboxylic acids is 1. The smallest absolute Gasteiger partial charge is 0.252 e. The van der Waals surface area contributed by atoms with Crippen LogP contribution in [0.5, 0.6) is 0 Å². The molecule has 0 saturated carbocycles. The van der Waals surface area contributed by atoms with Gasteiger partial charge in [0.05, 0.1) is 12.1 Å². The standard InChI is InChI=1S/C23H20N4O/c1-24-14-23(28)26-27-11-10-15-6-7-17(13-22(15)27)16-8-9-19-18-4-2-3-5-20(18)25-21(19)12-16/h2-13,24-25H,14H2,1H3,(H,26,28). The Bertz CT molecular complexity index is 1330. The Kier molecular flexibility index (Phi) is 3.88. The predicted octanol–water partition coefficient (Wildman–Crippen LogP) is 4.23. The van der Waals surface area contributed by atoms with Crippen LogP contribution in [0.1, 0.15) is 0 Å². The third-order valence-corrected chi connectivity index (χ3v) is 5.12. The quantitative estimate of drug-likeness (QED) is 0.444. The minimum atomic E-state index is -0.0788. The zero-order valence-electron chi connectivity index (χ0n) is 15.5. The molecule has 0 unspecified atom stereocenters. The number of benzene rings is 3. The number of amides is 1. The van der Waals surface area contributed by atoms with Gasteiger partial charge in [-0.1, -0.05) is 42.5 Å². The third-order valence-electron chi connectivity index (χ3n) is 5.12. The van der Waals surface area contributed by atoms with E-state index < -0.39 is 0 Å². The van der Waals surface area contributed by atoms with Gasteiger partial charge in [0.1, 0.15) is 0 Å². The van der Waals surface area contributed by atoms with Gasteiger partial charge >= 0.3 is 0 Å². The summed E-state index contributed by atoms with van der Waals surface area (Å²) in [5.41, 5.74) is 8.38. The summed E-state index contributed by atoms with van der Waals surface area (Å²) < 4.78 is 1.78. The highest BCUT2D eigenvalue weighted by atomic mass is 16.2. The molecule has 5 heteroatoms. The molecule has 1 amide bonds. The van der Waals surface area contributed by atoms with E-state index in [1.54, 1.807) is 11.7 Å². The second-order valence-electron chi connectivity index (χ2n) is 6.96. The summed E-state index contributed by atoms with van der Waals surface area (Å²) in [5.74, 6) is -0.0788. The largest absolute Gasteiger partial charge is 0.354 e. The summed E-state index contributed by atoms with van der Waals surface area (Å²) in [7, 11) is 1.76. The molecule has 3 N–H and O–H groups in total. The molecule has 5 nitrogen and oxygen atoms in total. The van der Waals surface area contributed by atoms with Crippen molar-refractivity contribution in [1.82, 2.24) is 15.0 Å². The van der Waals surface area contributed by atoms with Crippen LogP contribution in [-0.2, 0) is 4.79 Å². The Hall–Kier alpha value is -3.57. The number of para-hydroxylation sites is 1. The van der Waals surface area contributed by atoms with Crippen LogP contribution in [0, 0.1) is 0 Å². The van der Waals surface area contributed by atoms with Gasteiger partial charge in [0, 0.05) is 33.4 Å². The van der Waals surface area contributed by atoms with Crippen LogP contribution < -0.4 is 10.7 Å². The van der Waals surface area contributed by atoms with Gasteiger partial charge in [-0.05, 0) is 42.4 Å². The first-order valence-corrected chi connectivity index (χ1v) is 9.29. The van der Waals surface area contributed by atoms with Crippen molar-refractivity contribution in [2.75, 3.05) is 19.0 Å². The first-order valence-electron chi connectivity index (χ1n) is 9.29. The fraction of sp³-hybridized carbons (Fsp3) is 0.0870. The maximum atomic E-state index is 11.9. The molecular formula is C23H20N4O. The van der Waals surface area contributed by atoms with Crippen molar-refractivity contribution in [3.63, 3.8) is 0 Å². The summed E-state index contributed by atoms with van der Waals surface area (Å²) in [6.07, 6.45) is 1.88. The maximum Gasteiger partial charge on any atom is 0.252 e. The molecule has 3 aromatic carbocycles. The summed E-state index contributed by atoms with van der Waals surface area (Å²) in [5, 5.41) is 6.41. The van der Waals surface area contributed by atoms with E-state index in [9.17, 15) is 4.79 Å². The molecule has 0 atom stereocenters. The SMILES string of the molecule is CNCC(=O)Nn1ccc2ccc(-c3ccc4c(c3)[nH]c3ccccc34)cc21. The number of likely N-dealkylation sites (N-methyl/N-ethyl adjacent to an activating group) is 1. The molecule has 0 aliphatic rings. The van der Waals surface area contributed by atoms with E-state index in [2.05, 4.69) is 70.3 Å². The van der Waals surface area contributed by atoms with Crippen molar-refractivity contribution < 1.29 is 4.79 Å². The number of nitrogens with zero attached hydrogens (tertiary/aromatic N) is 1. The lowest BCUT2D eigenvalue weighted by atomic mass is 10.0. The van der Waals surface area contributed by atoms with E-state index in [1.807, 2.05) is 18.3 Å². The Morgan fingerprint density at radius 3 is 2.61 bits per heavy atom. The van der Waals surface area contributed by atoms with E-state index in [4.69, 9.17) is 0 Å². The van der Waals surface area contributed by atoms with Gasteiger partial charge < -0.3 is 10.3 Å². The van der Waals surface area contributed by atoms with Crippen LogP contribution in [-0.4, -0.2) is 29.2 Å². The average Bonchev–Trinajstić information content (AvgIpc) is 3.28. The zero-order chi connectivity index (χ0) is 19.1. The molecule has 0 aliphatic carbocycles. The number of H-pyrrole nitrogens is 1. The van der Waals surface area contributed by atoms with Gasteiger partial charge in [0.15, 0.2) is 0 Å². The highest BCUT2D eigenvalue weighted by Gasteiger charge is 2.09. The molecular weight excluding hydrogens is 348 g/mol. The monoisotopic (exact) mass is 368 g/mol. The van der Waals surface area contributed by atoms with Crippen LogP contribution in [0.25, 0.3) is 43.8 Å². The van der Waals surface area contributed by atoms with Gasteiger partial charge in [-0.15, -0.1) is 0 Å². The summed E-state index contributed by atoms with van der Waals surface area (Å²) in [6, 6.07) is 23.2. The van der Waals surface area contributed by atoms with Crippen molar-refractivity contribution in [3.8, 4) is 11.1 Å². The normalized spacial score (nSPS) is 11.5. The third kappa shape index (κ3) is 2.73. The fourth-order valence-corrected chi connectivity index (χ4v) is 3.77. The van der Waals surface area contributed by atoms with Gasteiger partial charge in [-0.25, -0.2) is 0 Å². The van der Waals surface area contributed by atoms with Gasteiger partial charge in [0.2, 0.25) is 0 Å². The van der Waals surface area contributed by atoms with Crippen molar-refractivity contribution in [2.45, 2.75) is 0 Å². The topological polar surface area (TPSA) is 61.9 Å². The number of carbonyl (C=O) groups is 1. The van der Waals surface area contributed by atoms with E-state index in [0.717, 1.165) is 33.1 Å². The Morgan fingerprint density at radius 2 is 1.71 bits per heavy atom. The number of nitrogens with one attached hydrogen (secondary N) is 3. The van der Waals surface area contributed by atoms with E-state index in [-0.39, 0.29) is 12.5 Å². The first kappa shape index (κ1) is 16.6. The highest BCUT2D eigenvalue weighted by Crippen LogP contribution is 2.31. The number of hydrogen-bond acceptors (Lipinski definition) is 2. The number of fused-ring (bicyclic) bond motifs is 4.